The fourth-order valence-electron chi connectivity index (χ4n) is 2.43. The average Bonchev–Trinajstić information content (AvgIpc) is 2.57. The second kappa shape index (κ2) is 4.34. The summed E-state index contributed by atoms with van der Waals surface area (Å²) in [5.41, 5.74) is 1.66. The highest BCUT2D eigenvalue weighted by Crippen LogP contribution is 2.29. The van der Waals surface area contributed by atoms with E-state index in [2.05, 4.69) is 10.3 Å². The minimum atomic E-state index is -0.428. The maximum Gasteiger partial charge on any atom is 0.269 e. The SMILES string of the molecule is O=C1NCc2cc([N+](=O)[O-])ccc2N2CCN=CC12. The molecule has 0 aliphatic carbocycles. The molecule has 1 amide bonds. The van der Waals surface area contributed by atoms with Crippen molar-refractivity contribution >= 4 is 23.5 Å². The highest BCUT2D eigenvalue weighted by Gasteiger charge is 2.31. The molecule has 0 bridgehead atoms. The van der Waals surface area contributed by atoms with E-state index in [0.29, 0.717) is 19.6 Å². The lowest BCUT2D eigenvalue weighted by Gasteiger charge is -2.31. The predicted molar refractivity (Wildman–Crippen MR) is 69.4 cm³/mol. The van der Waals surface area contributed by atoms with Crippen LogP contribution in [0, 0.1) is 10.1 Å². The van der Waals surface area contributed by atoms with Gasteiger partial charge >= 0.3 is 0 Å². The third-order valence-corrected chi connectivity index (χ3v) is 3.36. The second-order valence-corrected chi connectivity index (χ2v) is 4.48. The van der Waals surface area contributed by atoms with Crippen molar-refractivity contribution in [2.75, 3.05) is 18.0 Å². The second-order valence-electron chi connectivity index (χ2n) is 4.48. The molecule has 0 saturated carbocycles. The largest absolute Gasteiger partial charge is 0.353 e. The molecule has 2 aliphatic heterocycles. The van der Waals surface area contributed by atoms with E-state index < -0.39 is 11.0 Å². The number of fused-ring (bicyclic) bond motifs is 3. The van der Waals surface area contributed by atoms with Gasteiger partial charge in [-0.1, -0.05) is 0 Å². The van der Waals surface area contributed by atoms with Gasteiger partial charge in [-0.25, -0.2) is 0 Å². The number of carbonyl (C=O) groups is 1. The number of hydrogen-bond acceptors (Lipinski definition) is 5. The lowest BCUT2D eigenvalue weighted by molar-refractivity contribution is -0.384. The minimum absolute atomic E-state index is 0.0390. The molecular weight excluding hydrogens is 248 g/mol. The number of hydrogen-bond donors (Lipinski definition) is 1. The molecule has 0 spiro atoms. The van der Waals surface area contributed by atoms with E-state index in [0.717, 1.165) is 11.3 Å². The van der Waals surface area contributed by atoms with Gasteiger partial charge in [0, 0.05) is 42.7 Å². The number of rotatable bonds is 1. The average molecular weight is 260 g/mol. The lowest BCUT2D eigenvalue weighted by Crippen LogP contribution is -2.49. The predicted octanol–water partition coefficient (Wildman–Crippen LogP) is 0.484. The first-order chi connectivity index (χ1) is 9.16. The molecule has 0 radical (unpaired) electrons. The van der Waals surface area contributed by atoms with Gasteiger partial charge in [0.25, 0.3) is 5.69 Å². The fraction of sp³-hybridized carbons (Fsp3) is 0.333. The number of amides is 1. The summed E-state index contributed by atoms with van der Waals surface area (Å²) in [6.07, 6.45) is 1.63. The number of nitrogens with zero attached hydrogens (tertiary/aromatic N) is 3. The first kappa shape index (κ1) is 11.6. The van der Waals surface area contributed by atoms with Gasteiger partial charge in [0.15, 0.2) is 0 Å². The molecule has 0 saturated heterocycles. The van der Waals surface area contributed by atoms with Crippen LogP contribution in [0.5, 0.6) is 0 Å². The van der Waals surface area contributed by atoms with Crippen LogP contribution in [0.15, 0.2) is 23.2 Å². The van der Waals surface area contributed by atoms with Gasteiger partial charge in [-0.3, -0.25) is 19.9 Å². The zero-order valence-corrected chi connectivity index (χ0v) is 10.1. The summed E-state index contributed by atoms with van der Waals surface area (Å²) in [4.78, 5) is 28.4. The van der Waals surface area contributed by atoms with E-state index in [1.807, 2.05) is 4.90 Å². The number of benzene rings is 1. The highest BCUT2D eigenvalue weighted by molar-refractivity contribution is 6.02. The Kier molecular flexibility index (Phi) is 2.66. The Morgan fingerprint density at radius 2 is 2.32 bits per heavy atom. The standard InChI is InChI=1S/C12H12N4O3/c17-12-11-7-13-3-4-15(11)10-2-1-9(16(18)19)5-8(10)6-14-12/h1-2,5,7,11H,3-4,6H2,(H,14,17). The number of non-ortho nitro benzene ring substituents is 1. The van der Waals surface area contributed by atoms with Crippen molar-refractivity contribution < 1.29 is 9.72 Å². The quantitative estimate of drug-likeness (QED) is 0.587. The maximum atomic E-state index is 12.0. The Morgan fingerprint density at radius 3 is 3.11 bits per heavy atom. The van der Waals surface area contributed by atoms with Crippen LogP contribution in [0.2, 0.25) is 0 Å². The molecule has 1 N–H and O–H groups in total. The zero-order chi connectivity index (χ0) is 13.4. The number of nitrogens with one attached hydrogen (secondary N) is 1. The van der Waals surface area contributed by atoms with Crippen molar-refractivity contribution in [2.24, 2.45) is 4.99 Å². The summed E-state index contributed by atoms with van der Waals surface area (Å²) in [6, 6.07) is 4.28. The Bertz CT molecular complexity index is 584. The zero-order valence-electron chi connectivity index (χ0n) is 10.1. The Labute approximate surface area is 109 Å². The summed E-state index contributed by atoms with van der Waals surface area (Å²) >= 11 is 0. The summed E-state index contributed by atoms with van der Waals surface area (Å²) in [7, 11) is 0. The molecule has 98 valence electrons. The molecule has 2 heterocycles. The topological polar surface area (TPSA) is 87.8 Å². The molecular formula is C12H12N4O3. The van der Waals surface area contributed by atoms with E-state index in [-0.39, 0.29) is 11.6 Å². The van der Waals surface area contributed by atoms with Crippen LogP contribution in [0.25, 0.3) is 0 Å². The normalized spacial score (nSPS) is 21.2. The fourth-order valence-corrected chi connectivity index (χ4v) is 2.43. The van der Waals surface area contributed by atoms with Crippen molar-refractivity contribution in [1.82, 2.24) is 5.32 Å². The molecule has 19 heavy (non-hydrogen) atoms. The Hall–Kier alpha value is -2.44. The molecule has 0 fully saturated rings. The van der Waals surface area contributed by atoms with Gasteiger partial charge in [0.2, 0.25) is 5.91 Å². The molecule has 7 nitrogen and oxygen atoms in total. The number of nitro groups is 1. The third-order valence-electron chi connectivity index (χ3n) is 3.36. The van der Waals surface area contributed by atoms with E-state index in [1.165, 1.54) is 12.1 Å². The smallest absolute Gasteiger partial charge is 0.269 e. The van der Waals surface area contributed by atoms with Crippen LogP contribution < -0.4 is 10.2 Å². The molecule has 3 rings (SSSR count). The van der Waals surface area contributed by atoms with E-state index in [4.69, 9.17) is 0 Å². The van der Waals surface area contributed by atoms with Crippen LogP contribution in [0.3, 0.4) is 0 Å². The Morgan fingerprint density at radius 1 is 1.47 bits per heavy atom. The summed E-state index contributed by atoms with van der Waals surface area (Å²) in [5.74, 6) is -0.123. The third kappa shape index (κ3) is 1.92. The van der Waals surface area contributed by atoms with Crippen molar-refractivity contribution in [1.29, 1.82) is 0 Å². The van der Waals surface area contributed by atoms with Crippen molar-refractivity contribution in [3.05, 3.63) is 33.9 Å². The Balaban J connectivity index is 2.08. The first-order valence-corrected chi connectivity index (χ1v) is 5.98. The molecule has 7 heteroatoms. The van der Waals surface area contributed by atoms with Crippen LogP contribution >= 0.6 is 0 Å². The summed E-state index contributed by atoms with van der Waals surface area (Å²) in [6.45, 7) is 1.57. The number of carbonyl (C=O) groups excluding carboxylic acids is 1. The summed E-state index contributed by atoms with van der Waals surface area (Å²) in [5, 5.41) is 13.6. The van der Waals surface area contributed by atoms with Gasteiger partial charge in [0.05, 0.1) is 11.5 Å². The van der Waals surface area contributed by atoms with E-state index >= 15 is 0 Å². The lowest BCUT2D eigenvalue weighted by atomic mass is 10.1. The van der Waals surface area contributed by atoms with Gasteiger partial charge < -0.3 is 10.2 Å². The molecule has 1 unspecified atom stereocenters. The molecule has 1 aromatic rings. The molecule has 2 aliphatic rings. The van der Waals surface area contributed by atoms with Crippen molar-refractivity contribution in [3.8, 4) is 0 Å². The number of anilines is 1. The molecule has 1 atom stereocenters. The first-order valence-electron chi connectivity index (χ1n) is 5.98. The summed E-state index contributed by atoms with van der Waals surface area (Å²) < 4.78 is 0. The van der Waals surface area contributed by atoms with Gasteiger partial charge in [0.1, 0.15) is 6.04 Å². The van der Waals surface area contributed by atoms with Crippen LogP contribution in [-0.2, 0) is 11.3 Å². The number of aliphatic imine (C=N–C) groups is 1. The van der Waals surface area contributed by atoms with Crippen LogP contribution in [0.4, 0.5) is 11.4 Å². The van der Waals surface area contributed by atoms with Crippen molar-refractivity contribution in [3.63, 3.8) is 0 Å². The van der Waals surface area contributed by atoms with Gasteiger partial charge in [-0.2, -0.15) is 0 Å². The maximum absolute atomic E-state index is 12.0. The van der Waals surface area contributed by atoms with Crippen LogP contribution in [-0.4, -0.2) is 36.2 Å². The van der Waals surface area contributed by atoms with E-state index in [1.54, 1.807) is 12.3 Å². The highest BCUT2D eigenvalue weighted by atomic mass is 16.6. The van der Waals surface area contributed by atoms with Crippen LogP contribution in [0.1, 0.15) is 5.56 Å². The molecule has 1 aromatic carbocycles. The van der Waals surface area contributed by atoms with Crippen molar-refractivity contribution in [2.45, 2.75) is 12.6 Å². The van der Waals surface area contributed by atoms with Gasteiger partial charge in [-0.15, -0.1) is 0 Å². The monoisotopic (exact) mass is 260 g/mol. The van der Waals surface area contributed by atoms with E-state index in [9.17, 15) is 14.9 Å². The number of nitro benzene ring substituents is 1. The molecule has 0 aromatic heterocycles. The minimum Gasteiger partial charge on any atom is -0.353 e. The van der Waals surface area contributed by atoms with Gasteiger partial charge in [-0.05, 0) is 6.07 Å².